The minimum absolute atomic E-state index is 0. The molecule has 0 aliphatic carbocycles. The Balaban J connectivity index is -0.000000218. The van der Waals surface area contributed by atoms with E-state index in [-0.39, 0.29) is 17.1 Å². The van der Waals surface area contributed by atoms with Crippen LogP contribution in [0.5, 0.6) is 0 Å². The van der Waals surface area contributed by atoms with Crippen LogP contribution in [-0.4, -0.2) is 32.2 Å². The molecule has 0 N–H and O–H groups in total. The Morgan fingerprint density at radius 1 is 0.647 bits per heavy atom. The standard InChI is InChI=1S/2CHCl3O3S.Fe/c2*2-1(3,4)8(5,6)7;/h2*(H,5,6,7);/q;;+2/p-2. The van der Waals surface area contributed by atoms with E-state index < -0.39 is 26.5 Å². The largest absolute Gasteiger partial charge is 2.00 e. The van der Waals surface area contributed by atoms with Crippen molar-refractivity contribution in [2.75, 3.05) is 0 Å². The summed E-state index contributed by atoms with van der Waals surface area (Å²) in [5.74, 6) is 0. The molecule has 17 heavy (non-hydrogen) atoms. The molecule has 0 saturated carbocycles. The van der Waals surface area contributed by atoms with Crippen molar-refractivity contribution in [3.8, 4) is 0 Å². The van der Waals surface area contributed by atoms with Crippen LogP contribution in [0.3, 0.4) is 0 Å². The zero-order chi connectivity index (χ0) is 14.0. The Morgan fingerprint density at radius 2 is 0.706 bits per heavy atom. The SMILES string of the molecule is O=S(=O)([O-])C(Cl)(Cl)Cl.O=S(=O)([O-])C(Cl)(Cl)Cl.[Fe+2]. The molecule has 0 aliphatic rings. The van der Waals surface area contributed by atoms with Crippen LogP contribution in [0.2, 0.25) is 0 Å². The third-order valence-electron chi connectivity index (χ3n) is 0.567. The van der Waals surface area contributed by atoms with Crippen LogP contribution >= 0.6 is 69.6 Å². The molecule has 0 unspecified atom stereocenters. The van der Waals surface area contributed by atoms with Gasteiger partial charge in [-0.3, -0.25) is 0 Å². The van der Waals surface area contributed by atoms with Gasteiger partial charge in [0.05, 0.1) is 0 Å². The molecule has 106 valence electrons. The number of hydrogen-bond acceptors (Lipinski definition) is 6. The first-order valence-electron chi connectivity index (χ1n) is 2.54. The summed E-state index contributed by atoms with van der Waals surface area (Å²) in [7, 11) is -9.59. The van der Waals surface area contributed by atoms with Gasteiger partial charge in [-0.15, -0.1) is 0 Å². The van der Waals surface area contributed by atoms with Gasteiger partial charge in [-0.25, -0.2) is 16.8 Å². The van der Waals surface area contributed by atoms with Gasteiger partial charge in [0.2, 0.25) is 0 Å². The van der Waals surface area contributed by atoms with Crippen LogP contribution in [0.1, 0.15) is 0 Å². The van der Waals surface area contributed by atoms with Crippen LogP contribution in [0.15, 0.2) is 0 Å². The van der Waals surface area contributed by atoms with Gasteiger partial charge in [0.15, 0.2) is 0 Å². The smallest absolute Gasteiger partial charge is 0.745 e. The monoisotopic (exact) mass is 450 g/mol. The summed E-state index contributed by atoms with van der Waals surface area (Å²) >= 11 is 27.8. The fourth-order valence-corrected chi connectivity index (χ4v) is 0. The fraction of sp³-hybridized carbons (Fsp3) is 1.00. The molecule has 0 aromatic carbocycles. The van der Waals surface area contributed by atoms with Crippen molar-refractivity contribution in [3.63, 3.8) is 0 Å². The van der Waals surface area contributed by atoms with E-state index >= 15 is 0 Å². The van der Waals surface area contributed by atoms with Crippen molar-refractivity contribution in [2.45, 2.75) is 6.25 Å². The number of alkyl halides is 6. The third kappa shape index (κ3) is 11.6. The predicted molar refractivity (Wildman–Crippen MR) is 60.0 cm³/mol. The second kappa shape index (κ2) is 7.75. The molecule has 0 rings (SSSR count). The van der Waals surface area contributed by atoms with Gasteiger partial charge in [-0.2, -0.15) is 0 Å². The Kier molecular flexibility index (Phi) is 11.0. The summed E-state index contributed by atoms with van der Waals surface area (Å²) in [4.78, 5) is 0. The first-order chi connectivity index (χ1) is 6.50. The Bertz CT molecular complexity index is 374. The van der Waals surface area contributed by atoms with Crippen LogP contribution in [0.25, 0.3) is 0 Å². The van der Waals surface area contributed by atoms with E-state index in [1.54, 1.807) is 0 Å². The van der Waals surface area contributed by atoms with E-state index in [0.29, 0.717) is 0 Å². The maximum Gasteiger partial charge on any atom is 2.00 e. The van der Waals surface area contributed by atoms with Crippen LogP contribution in [0, 0.1) is 0 Å². The van der Waals surface area contributed by atoms with Crippen molar-refractivity contribution in [1.29, 1.82) is 0 Å². The summed E-state index contributed by atoms with van der Waals surface area (Å²) in [6, 6.07) is 0. The van der Waals surface area contributed by atoms with Gasteiger partial charge in [0, 0.05) is 0 Å². The number of halogens is 6. The van der Waals surface area contributed by atoms with Crippen molar-refractivity contribution >= 4 is 89.8 Å². The van der Waals surface area contributed by atoms with E-state index in [4.69, 9.17) is 0 Å². The molecule has 0 atom stereocenters. The minimum Gasteiger partial charge on any atom is -0.745 e. The molecular formula is C2Cl6FeO6S2. The van der Waals surface area contributed by atoms with Gasteiger partial charge in [-0.1, -0.05) is 69.6 Å². The zero-order valence-corrected chi connectivity index (χ0v) is 14.2. The van der Waals surface area contributed by atoms with Crippen molar-refractivity contribution < 1.29 is 43.0 Å². The van der Waals surface area contributed by atoms with E-state index in [1.807, 2.05) is 0 Å². The van der Waals surface area contributed by atoms with Crippen molar-refractivity contribution in [1.82, 2.24) is 0 Å². The summed E-state index contributed by atoms with van der Waals surface area (Å²) in [5.41, 5.74) is 0. The molecule has 0 amide bonds. The van der Waals surface area contributed by atoms with E-state index in [2.05, 4.69) is 69.6 Å². The molecule has 0 aromatic heterocycles. The molecule has 6 nitrogen and oxygen atoms in total. The van der Waals surface area contributed by atoms with Crippen LogP contribution in [-0.2, 0) is 37.3 Å². The maximum absolute atomic E-state index is 9.70. The molecule has 0 bridgehead atoms. The Labute approximate surface area is 138 Å². The maximum atomic E-state index is 9.70. The first-order valence-corrected chi connectivity index (χ1v) is 7.63. The molecule has 0 aromatic rings. The Morgan fingerprint density at radius 3 is 0.706 bits per heavy atom. The molecule has 0 aliphatic heterocycles. The Hall–Kier alpha value is 2.08. The number of rotatable bonds is 0. The van der Waals surface area contributed by atoms with E-state index in [0.717, 1.165) is 0 Å². The van der Waals surface area contributed by atoms with Gasteiger partial charge in [-0.05, 0) is 0 Å². The van der Waals surface area contributed by atoms with E-state index in [1.165, 1.54) is 0 Å². The third-order valence-corrected chi connectivity index (χ3v) is 5.10. The molecule has 0 radical (unpaired) electrons. The van der Waals surface area contributed by atoms with Gasteiger partial charge in [0.25, 0.3) is 6.25 Å². The normalized spacial score (nSPS) is 13.2. The van der Waals surface area contributed by atoms with Gasteiger partial charge < -0.3 is 9.11 Å². The zero-order valence-electron chi connectivity index (χ0n) is 6.89. The minimum atomic E-state index is -4.79. The second-order valence-corrected chi connectivity index (χ2v) is 10.7. The van der Waals surface area contributed by atoms with E-state index in [9.17, 15) is 25.9 Å². The fourth-order valence-electron chi connectivity index (χ4n) is 0. The van der Waals surface area contributed by atoms with Crippen LogP contribution in [0.4, 0.5) is 0 Å². The second-order valence-electron chi connectivity index (χ2n) is 1.80. The molecule has 15 heteroatoms. The quantitative estimate of drug-likeness (QED) is 0.314. The number of hydrogen-bond donors (Lipinski definition) is 0. The van der Waals surface area contributed by atoms with Gasteiger partial charge in [0.1, 0.15) is 20.2 Å². The molecule has 0 fully saturated rings. The molecular weight excluding hydrogens is 453 g/mol. The molecule has 0 saturated heterocycles. The summed E-state index contributed by atoms with van der Waals surface area (Å²) in [5, 5.41) is 0. The summed E-state index contributed by atoms with van der Waals surface area (Å²) in [6.07, 6.45) is 0. The van der Waals surface area contributed by atoms with Crippen LogP contribution < -0.4 is 0 Å². The predicted octanol–water partition coefficient (Wildman–Crippen LogP) is 1.72. The van der Waals surface area contributed by atoms with Crippen molar-refractivity contribution in [3.05, 3.63) is 0 Å². The van der Waals surface area contributed by atoms with Crippen molar-refractivity contribution in [2.24, 2.45) is 0 Å². The average Bonchev–Trinajstić information content (AvgIpc) is 1.77. The topological polar surface area (TPSA) is 114 Å². The first kappa shape index (κ1) is 24.1. The summed E-state index contributed by atoms with van der Waals surface area (Å²) < 4.78 is 52.7. The molecule has 0 spiro atoms. The average molecular weight is 453 g/mol. The summed E-state index contributed by atoms with van der Waals surface area (Å²) in [6.45, 7) is 0. The van der Waals surface area contributed by atoms with Gasteiger partial charge >= 0.3 is 17.1 Å². The molecule has 0 heterocycles.